The molecular weight excluding hydrogens is 342 g/mol. The Labute approximate surface area is 165 Å². The fourth-order valence-corrected chi connectivity index (χ4v) is 3.66. The molecule has 0 bridgehead atoms. The van der Waals surface area contributed by atoms with Crippen molar-refractivity contribution in [3.63, 3.8) is 0 Å². The molecule has 0 aromatic heterocycles. The van der Waals surface area contributed by atoms with Crippen molar-refractivity contribution >= 4 is 23.4 Å². The highest BCUT2D eigenvalue weighted by molar-refractivity contribution is 6.31. The molecule has 3 heteroatoms. The maximum atomic E-state index is 6.17. The first-order valence-electron chi connectivity index (χ1n) is 10.6. The number of ether oxygens (including phenoxy) is 1. The van der Waals surface area contributed by atoms with Gasteiger partial charge in [0.1, 0.15) is 0 Å². The van der Waals surface area contributed by atoms with Gasteiger partial charge in [-0.05, 0) is 37.0 Å². The average Bonchev–Trinajstić information content (AvgIpc) is 2.65. The summed E-state index contributed by atoms with van der Waals surface area (Å²) in [6.45, 7) is 6.28. The van der Waals surface area contributed by atoms with Crippen molar-refractivity contribution in [1.82, 2.24) is 0 Å². The van der Waals surface area contributed by atoms with Crippen LogP contribution >= 0.6 is 11.6 Å². The van der Waals surface area contributed by atoms with Crippen molar-refractivity contribution in [3.05, 3.63) is 34.9 Å². The van der Waals surface area contributed by atoms with Crippen LogP contribution < -0.4 is 4.90 Å². The number of rotatable bonds is 14. The zero-order valence-electron chi connectivity index (χ0n) is 16.5. The zero-order chi connectivity index (χ0) is 18.5. The summed E-state index contributed by atoms with van der Waals surface area (Å²) in [4.78, 5) is 2.45. The number of hydrogen-bond donors (Lipinski definition) is 0. The molecule has 0 saturated heterocycles. The predicted octanol–water partition coefficient (Wildman–Crippen LogP) is 7.11. The van der Waals surface area contributed by atoms with Gasteiger partial charge in [0.05, 0.1) is 0 Å². The standard InChI is InChI=1S/C23H36ClNO/c1-2-3-4-10-18-26-19-11-8-6-5-7-9-16-25-17-12-13-21-14-15-22(24)20-23(21)25/h12-15,20H,2-11,16-19H2,1H3. The van der Waals surface area contributed by atoms with E-state index < -0.39 is 0 Å². The van der Waals surface area contributed by atoms with Crippen LogP contribution in [0.4, 0.5) is 5.69 Å². The summed E-state index contributed by atoms with van der Waals surface area (Å²) in [7, 11) is 0. The van der Waals surface area contributed by atoms with Crippen LogP contribution in [0.5, 0.6) is 0 Å². The van der Waals surface area contributed by atoms with E-state index in [4.69, 9.17) is 16.3 Å². The second kappa shape index (κ2) is 13.2. The van der Waals surface area contributed by atoms with Crippen LogP contribution in [0.2, 0.25) is 5.02 Å². The van der Waals surface area contributed by atoms with Gasteiger partial charge in [0.2, 0.25) is 0 Å². The number of halogens is 1. The third kappa shape index (κ3) is 8.14. The van der Waals surface area contributed by atoms with Gasteiger partial charge in [-0.1, -0.05) is 81.7 Å². The van der Waals surface area contributed by atoms with Crippen molar-refractivity contribution < 1.29 is 4.74 Å². The Kier molecular flexibility index (Phi) is 10.8. The summed E-state index contributed by atoms with van der Waals surface area (Å²) in [5.41, 5.74) is 2.58. The van der Waals surface area contributed by atoms with E-state index in [1.54, 1.807) is 0 Å². The lowest BCUT2D eigenvalue weighted by Gasteiger charge is -2.28. The number of hydrogen-bond acceptors (Lipinski definition) is 2. The highest BCUT2D eigenvalue weighted by atomic mass is 35.5. The lowest BCUT2D eigenvalue weighted by molar-refractivity contribution is 0.125. The summed E-state index contributed by atoms with van der Waals surface area (Å²) < 4.78 is 5.71. The predicted molar refractivity (Wildman–Crippen MR) is 115 cm³/mol. The molecule has 0 spiro atoms. The molecule has 0 radical (unpaired) electrons. The van der Waals surface area contributed by atoms with Crippen molar-refractivity contribution in [1.29, 1.82) is 0 Å². The van der Waals surface area contributed by atoms with E-state index in [0.29, 0.717) is 0 Å². The van der Waals surface area contributed by atoms with E-state index >= 15 is 0 Å². The maximum Gasteiger partial charge on any atom is 0.0466 e. The van der Waals surface area contributed by atoms with Gasteiger partial charge in [-0.3, -0.25) is 0 Å². The Morgan fingerprint density at radius 2 is 1.62 bits per heavy atom. The third-order valence-electron chi connectivity index (χ3n) is 5.07. The fraction of sp³-hybridized carbons (Fsp3) is 0.652. The molecule has 0 fully saturated rings. The van der Waals surface area contributed by atoms with Crippen LogP contribution in [0, 0.1) is 0 Å². The van der Waals surface area contributed by atoms with Crippen LogP contribution in [0.25, 0.3) is 6.08 Å². The highest BCUT2D eigenvalue weighted by Gasteiger charge is 2.12. The minimum Gasteiger partial charge on any atom is -0.381 e. The first-order valence-corrected chi connectivity index (χ1v) is 11.0. The van der Waals surface area contributed by atoms with E-state index in [-0.39, 0.29) is 0 Å². The molecule has 0 amide bonds. The summed E-state index contributed by atoms with van der Waals surface area (Å²) in [5, 5.41) is 0.830. The number of fused-ring (bicyclic) bond motifs is 1. The number of anilines is 1. The molecule has 1 aliphatic heterocycles. The molecular formula is C23H36ClNO. The van der Waals surface area contributed by atoms with Gasteiger partial charge in [0, 0.05) is 37.0 Å². The molecule has 1 aromatic rings. The molecule has 1 aromatic carbocycles. The Balaban J connectivity index is 1.45. The van der Waals surface area contributed by atoms with E-state index in [1.807, 2.05) is 6.07 Å². The Hall–Kier alpha value is -0.990. The zero-order valence-corrected chi connectivity index (χ0v) is 17.3. The molecule has 1 heterocycles. The molecule has 0 atom stereocenters. The average molecular weight is 378 g/mol. The highest BCUT2D eigenvalue weighted by Crippen LogP contribution is 2.29. The maximum absolute atomic E-state index is 6.17. The van der Waals surface area contributed by atoms with Crippen molar-refractivity contribution in [2.45, 2.75) is 71.1 Å². The van der Waals surface area contributed by atoms with Crippen LogP contribution in [-0.2, 0) is 4.74 Å². The molecule has 0 aliphatic carbocycles. The first kappa shape index (κ1) is 21.3. The van der Waals surface area contributed by atoms with E-state index in [1.165, 1.54) is 75.5 Å². The number of unbranched alkanes of at least 4 members (excludes halogenated alkanes) is 8. The normalized spacial score (nSPS) is 13.2. The lowest BCUT2D eigenvalue weighted by Crippen LogP contribution is -2.27. The first-order chi connectivity index (χ1) is 12.8. The monoisotopic (exact) mass is 377 g/mol. The molecule has 146 valence electrons. The van der Waals surface area contributed by atoms with Gasteiger partial charge in [-0.25, -0.2) is 0 Å². The van der Waals surface area contributed by atoms with Crippen molar-refractivity contribution in [2.24, 2.45) is 0 Å². The summed E-state index contributed by atoms with van der Waals surface area (Å²) in [6.07, 6.45) is 17.4. The third-order valence-corrected chi connectivity index (χ3v) is 5.30. The summed E-state index contributed by atoms with van der Waals surface area (Å²) in [5.74, 6) is 0. The SMILES string of the molecule is CCCCCCOCCCCCCCCN1CC=Cc2ccc(Cl)cc21. The van der Waals surface area contributed by atoms with Crippen molar-refractivity contribution in [2.75, 3.05) is 31.2 Å². The smallest absolute Gasteiger partial charge is 0.0466 e. The molecule has 26 heavy (non-hydrogen) atoms. The van der Waals surface area contributed by atoms with Crippen LogP contribution in [0.15, 0.2) is 24.3 Å². The quantitative estimate of drug-likeness (QED) is 0.320. The van der Waals surface area contributed by atoms with Gasteiger partial charge in [-0.2, -0.15) is 0 Å². The molecule has 0 saturated carbocycles. The minimum atomic E-state index is 0.830. The van der Waals surface area contributed by atoms with E-state index in [2.05, 4.69) is 36.1 Å². The molecule has 2 rings (SSSR count). The Bertz CT molecular complexity index is 529. The van der Waals surface area contributed by atoms with Gasteiger partial charge in [-0.15, -0.1) is 0 Å². The second-order valence-corrected chi connectivity index (χ2v) is 7.78. The van der Waals surface area contributed by atoms with Gasteiger partial charge >= 0.3 is 0 Å². The molecule has 0 unspecified atom stereocenters. The largest absolute Gasteiger partial charge is 0.381 e. The van der Waals surface area contributed by atoms with Gasteiger partial charge in [0.25, 0.3) is 0 Å². The number of benzene rings is 1. The molecule has 1 aliphatic rings. The molecule has 0 N–H and O–H groups in total. The Morgan fingerprint density at radius 3 is 2.38 bits per heavy atom. The van der Waals surface area contributed by atoms with Crippen molar-refractivity contribution in [3.8, 4) is 0 Å². The number of nitrogens with zero attached hydrogens (tertiary/aromatic N) is 1. The van der Waals surface area contributed by atoms with Crippen LogP contribution in [0.3, 0.4) is 0 Å². The van der Waals surface area contributed by atoms with Crippen LogP contribution in [-0.4, -0.2) is 26.3 Å². The van der Waals surface area contributed by atoms with Gasteiger partial charge in [0.15, 0.2) is 0 Å². The lowest BCUT2D eigenvalue weighted by atomic mass is 10.1. The summed E-state index contributed by atoms with van der Waals surface area (Å²) in [6, 6.07) is 6.19. The molecule has 2 nitrogen and oxygen atoms in total. The fourth-order valence-electron chi connectivity index (χ4n) is 3.50. The van der Waals surface area contributed by atoms with E-state index in [0.717, 1.165) is 31.3 Å². The minimum absolute atomic E-state index is 0.830. The Morgan fingerprint density at radius 1 is 0.923 bits per heavy atom. The van der Waals surface area contributed by atoms with E-state index in [9.17, 15) is 0 Å². The summed E-state index contributed by atoms with van der Waals surface area (Å²) >= 11 is 6.17. The van der Waals surface area contributed by atoms with Gasteiger partial charge < -0.3 is 9.64 Å². The van der Waals surface area contributed by atoms with Crippen LogP contribution in [0.1, 0.15) is 76.7 Å². The second-order valence-electron chi connectivity index (χ2n) is 7.35. The topological polar surface area (TPSA) is 12.5 Å².